The number of fused-ring (bicyclic) bond motifs is 4. The molecule has 99 heavy (non-hydrogen) atoms. The van der Waals surface area contributed by atoms with Crippen molar-refractivity contribution in [3.8, 4) is 33.8 Å². The van der Waals surface area contributed by atoms with E-state index in [1.54, 1.807) is 32.0 Å². The third-order valence-corrected chi connectivity index (χ3v) is 23.7. The second kappa shape index (κ2) is 35.4. The van der Waals surface area contributed by atoms with Crippen molar-refractivity contribution in [3.05, 3.63) is 244 Å². The van der Waals surface area contributed by atoms with Crippen molar-refractivity contribution >= 4 is 43.4 Å². The Hall–Kier alpha value is -6.49. The van der Waals surface area contributed by atoms with Crippen LogP contribution in [0.1, 0.15) is 176 Å². The van der Waals surface area contributed by atoms with Crippen molar-refractivity contribution in [2.75, 3.05) is 0 Å². The van der Waals surface area contributed by atoms with Gasteiger partial charge in [-0.3, -0.25) is 0 Å². The third-order valence-electron chi connectivity index (χ3n) is 17.9. The van der Waals surface area contributed by atoms with Crippen LogP contribution in [-0.2, 0) is 98.8 Å². The number of hydrogen-bond donors (Lipinski definition) is 2. The molecule has 4 aliphatic carbocycles. The Kier molecular flexibility index (Phi) is 28.0. The van der Waals surface area contributed by atoms with Crippen LogP contribution in [0.15, 0.2) is 128 Å². The van der Waals surface area contributed by atoms with E-state index in [9.17, 15) is 40.9 Å². The summed E-state index contributed by atoms with van der Waals surface area (Å²) >= 11 is 10.5. The number of phenols is 2. The number of hydrogen-bond acceptors (Lipinski definition) is 4. The van der Waals surface area contributed by atoms with E-state index in [1.165, 1.54) is 24.3 Å². The summed E-state index contributed by atoms with van der Waals surface area (Å²) in [6, 6.07) is 35.1. The average molecular weight is 1560 g/mol. The summed E-state index contributed by atoms with van der Waals surface area (Å²) in [5.41, 5.74) is 17.6. The molecule has 0 amide bonds. The van der Waals surface area contributed by atoms with Crippen LogP contribution in [0, 0.1) is 70.2 Å². The van der Waals surface area contributed by atoms with Crippen LogP contribution in [0.3, 0.4) is 0 Å². The van der Waals surface area contributed by atoms with E-state index < -0.39 is 59.2 Å². The van der Waals surface area contributed by atoms with E-state index in [0.29, 0.717) is 32.3 Å². The van der Waals surface area contributed by atoms with Gasteiger partial charge in [0.25, 0.3) is 0 Å². The first-order valence-electron chi connectivity index (χ1n) is 33.8. The van der Waals surface area contributed by atoms with Crippen molar-refractivity contribution in [1.29, 1.82) is 0 Å². The molecule has 0 bridgehead atoms. The quantitative estimate of drug-likeness (QED) is 0.128. The van der Waals surface area contributed by atoms with Gasteiger partial charge in [0, 0.05) is 11.1 Å². The van der Waals surface area contributed by atoms with Gasteiger partial charge in [0.2, 0.25) is 0 Å². The number of benzene rings is 7. The van der Waals surface area contributed by atoms with Crippen LogP contribution in [0.4, 0.5) is 42.1 Å². The maximum atomic E-state index is 14.5. The SMILES string of the molecule is CC(C)(C)[CH]=[Mo]=[N]c1c(Cl)cccc1Cl.CC(C)([CH]=[Mo]=[N]c1ccccc1C(F)(F)F)c1ccccc1.Cc1c(F)cc2c(c1-c1c(O)c(F)cc3c1CCCC3)CCCC2.Cc1c(F)cc2c(c1-c1c(O)c(F)cc3c1CCCC3)CCCC2.Cc1ccc(C)[n-]1.Cc1ccc(C)[n-]1. The zero-order valence-electron chi connectivity index (χ0n) is 58.4. The predicted octanol–water partition coefficient (Wildman–Crippen LogP) is 23.5. The van der Waals surface area contributed by atoms with E-state index in [1.807, 2.05) is 100 Å². The van der Waals surface area contributed by atoms with Gasteiger partial charge in [-0.05, 0) is 208 Å². The topological polar surface area (TPSA) is 93.4 Å². The van der Waals surface area contributed by atoms with Gasteiger partial charge in [0.1, 0.15) is 11.6 Å². The first-order chi connectivity index (χ1) is 46.9. The number of aromatic nitrogens is 2. The average Bonchev–Trinajstić information content (AvgIpc) is 1.09. The first kappa shape index (κ1) is 78.2. The molecule has 0 unspecified atom stereocenters. The molecule has 17 heteroatoms. The van der Waals surface area contributed by atoms with Crippen molar-refractivity contribution in [1.82, 2.24) is 9.97 Å². The molecule has 9 aromatic rings. The van der Waals surface area contributed by atoms with Crippen molar-refractivity contribution in [2.24, 2.45) is 12.4 Å². The van der Waals surface area contributed by atoms with E-state index in [2.05, 4.69) is 60.4 Å². The molecule has 526 valence electrons. The summed E-state index contributed by atoms with van der Waals surface area (Å²) in [5, 5.41) is 22.3. The molecule has 0 spiro atoms. The van der Waals surface area contributed by atoms with Crippen molar-refractivity contribution < 1.29 is 76.8 Å². The van der Waals surface area contributed by atoms with Crippen molar-refractivity contribution in [3.63, 3.8) is 0 Å². The zero-order chi connectivity index (χ0) is 71.9. The predicted molar refractivity (Wildman–Crippen MR) is 385 cm³/mol. The summed E-state index contributed by atoms with van der Waals surface area (Å²) in [6.07, 6.45) is 10.8. The fourth-order valence-corrected chi connectivity index (χ4v) is 17.0. The number of aromatic hydroxyl groups is 2. The first-order valence-corrected chi connectivity index (χ1v) is 38.7. The summed E-state index contributed by atoms with van der Waals surface area (Å²) in [5.74, 6) is -2.29. The maximum Gasteiger partial charge on any atom is 0.165 e. The number of aryl methyl sites for hydroxylation is 8. The van der Waals surface area contributed by atoms with Gasteiger partial charge in [-0.2, -0.15) is 22.8 Å². The maximum absolute atomic E-state index is 14.5. The van der Waals surface area contributed by atoms with Crippen LogP contribution in [0.2, 0.25) is 10.0 Å². The molecule has 0 aliphatic heterocycles. The minimum Gasteiger partial charge on any atom is -0.665 e. The number of alkyl halides is 3. The van der Waals surface area contributed by atoms with Gasteiger partial charge in [-0.25, -0.2) is 17.6 Å². The molecule has 0 fully saturated rings. The Labute approximate surface area is 606 Å². The Morgan fingerprint density at radius 3 is 1.15 bits per heavy atom. The third kappa shape index (κ3) is 21.1. The van der Waals surface area contributed by atoms with Crippen LogP contribution in [-0.4, -0.2) is 19.0 Å². The molecule has 0 atom stereocenters. The van der Waals surface area contributed by atoms with Crippen molar-refractivity contribution in [2.45, 2.75) is 190 Å². The number of rotatable bonds is 6. The van der Waals surface area contributed by atoms with E-state index >= 15 is 0 Å². The molecule has 2 heterocycles. The fraction of sp³-hybridized carbons (Fsp3) is 0.366. The smallest absolute Gasteiger partial charge is 0.165 e. The molecule has 0 saturated heterocycles. The summed E-state index contributed by atoms with van der Waals surface area (Å²) < 4.78 is 110. The summed E-state index contributed by atoms with van der Waals surface area (Å²) in [6.45, 7) is 22.1. The number of phenolic OH excluding ortho intramolecular Hbond substituents is 2. The second-order valence-corrected chi connectivity index (χ2v) is 31.3. The molecule has 0 radical (unpaired) electrons. The molecule has 2 N–H and O–H groups in total. The Bertz CT molecular complexity index is 4070. The van der Waals surface area contributed by atoms with Crippen LogP contribution in [0.5, 0.6) is 11.5 Å². The monoisotopic (exact) mass is 1560 g/mol. The van der Waals surface area contributed by atoms with Gasteiger partial charge in [-0.15, -0.1) is 0 Å². The van der Waals surface area contributed by atoms with Gasteiger partial charge < -0.3 is 20.2 Å². The van der Waals surface area contributed by atoms with Gasteiger partial charge >= 0.3 is 245 Å². The number of nitrogens with zero attached hydrogens (tertiary/aromatic N) is 4. The standard InChI is InChI=1S/2C21H22F2O.C10H12.C7H4F3N.C6H3Cl2N.2C6H8N.C5H10.2Mo/c2*1-12-17(22)10-13-6-2-4-8-15(13)19(12)20-16-9-5-3-7-14(16)11-18(23)21(20)24;1-10(2,3)9-7-5-4-6-8-9;8-7(9,10)5-3-1-2-4-6(5)11;7-4-2-1-3-5(8)6(4)9;2*1-5-3-4-6(2)7-5;1-5(2,3)4;;/h2*10-11,24H,2-9H2,1H3;1,4-8H,2-3H3;1-4H;1-3H;2*3-4H,1-2H3;1H,2-4H3;;/q;;;;;2*-1;;;. The largest absolute Gasteiger partial charge is 0.665 e. The Balaban J connectivity index is 0.000000159. The normalized spacial score (nSPS) is 13.7. The van der Waals surface area contributed by atoms with E-state index in [-0.39, 0.29) is 39.7 Å². The van der Waals surface area contributed by atoms with Gasteiger partial charge in [0.15, 0.2) is 23.1 Å². The van der Waals surface area contributed by atoms with E-state index in [4.69, 9.17) is 23.2 Å². The van der Waals surface area contributed by atoms with E-state index in [0.717, 1.165) is 198 Å². The molecular weight excluding hydrogens is 1470 g/mol. The molecule has 0 saturated carbocycles. The second-order valence-electron chi connectivity index (χ2n) is 27.4. The molecule has 2 aromatic heterocycles. The summed E-state index contributed by atoms with van der Waals surface area (Å²) in [4.78, 5) is 8.22. The Morgan fingerprint density at radius 1 is 0.424 bits per heavy atom. The van der Waals surface area contributed by atoms with Gasteiger partial charge in [-0.1, -0.05) is 52.0 Å². The molecule has 7 aromatic carbocycles. The molecule has 4 aliphatic rings. The minimum atomic E-state index is -4.36. The van der Waals surface area contributed by atoms with Crippen LogP contribution < -0.4 is 9.97 Å². The van der Waals surface area contributed by atoms with Crippen LogP contribution in [0.25, 0.3) is 22.3 Å². The zero-order valence-corrected chi connectivity index (χ0v) is 63.9. The van der Waals surface area contributed by atoms with Gasteiger partial charge in [0.05, 0.1) is 0 Å². The Morgan fingerprint density at radius 2 is 0.778 bits per heavy atom. The fourth-order valence-electron chi connectivity index (χ4n) is 12.8. The molecule has 13 rings (SSSR count). The minimum absolute atomic E-state index is 0.0394. The molecular formula is C82H89Cl2F7Mo2N4O2-2. The summed E-state index contributed by atoms with van der Waals surface area (Å²) in [7, 11) is 0. The number of halogens is 9. The molecule has 6 nitrogen and oxygen atoms in total. The van der Waals surface area contributed by atoms with Crippen LogP contribution >= 0.6 is 23.2 Å².